The molecule has 0 radical (unpaired) electrons. The SMILES string of the molecule is C=C[C@@H](OCOC)[C@H]1OC(=O)N(COC)[C@H]1COC. The van der Waals surface area contributed by atoms with E-state index >= 15 is 0 Å². The molecule has 0 aromatic carbocycles. The third kappa shape index (κ3) is 3.90. The van der Waals surface area contributed by atoms with Crippen LogP contribution in [0, 0.1) is 0 Å². The van der Waals surface area contributed by atoms with E-state index in [2.05, 4.69) is 6.58 Å². The van der Waals surface area contributed by atoms with Gasteiger partial charge in [-0.1, -0.05) is 6.08 Å². The Morgan fingerprint density at radius 1 is 1.37 bits per heavy atom. The summed E-state index contributed by atoms with van der Waals surface area (Å²) < 4.78 is 25.7. The summed E-state index contributed by atoms with van der Waals surface area (Å²) in [4.78, 5) is 13.3. The Bertz CT molecular complexity index is 298. The van der Waals surface area contributed by atoms with Crippen molar-refractivity contribution in [2.24, 2.45) is 0 Å². The number of hydrogen-bond acceptors (Lipinski definition) is 6. The second kappa shape index (κ2) is 8.11. The third-order valence-corrected chi connectivity index (χ3v) is 2.79. The van der Waals surface area contributed by atoms with Gasteiger partial charge in [0.1, 0.15) is 25.7 Å². The summed E-state index contributed by atoms with van der Waals surface area (Å²) >= 11 is 0. The molecule has 3 atom stereocenters. The van der Waals surface area contributed by atoms with Gasteiger partial charge in [-0.05, 0) is 0 Å². The van der Waals surface area contributed by atoms with E-state index in [1.165, 1.54) is 19.1 Å². The van der Waals surface area contributed by atoms with Crippen molar-refractivity contribution in [3.8, 4) is 0 Å². The predicted octanol–water partition coefficient (Wildman–Crippen LogP) is 0.601. The van der Waals surface area contributed by atoms with Crippen LogP contribution in [0.3, 0.4) is 0 Å². The molecule has 19 heavy (non-hydrogen) atoms. The van der Waals surface area contributed by atoms with Crippen LogP contribution in [0.5, 0.6) is 0 Å². The molecule has 0 aliphatic carbocycles. The first kappa shape index (κ1) is 15.9. The van der Waals surface area contributed by atoms with Crippen molar-refractivity contribution in [2.75, 3.05) is 41.5 Å². The molecule has 110 valence electrons. The minimum atomic E-state index is -0.504. The molecule has 0 aromatic heterocycles. The van der Waals surface area contributed by atoms with Gasteiger partial charge in [-0.25, -0.2) is 4.79 Å². The average molecular weight is 275 g/mol. The lowest BCUT2D eigenvalue weighted by Gasteiger charge is -2.26. The topological polar surface area (TPSA) is 66.5 Å². The highest BCUT2D eigenvalue weighted by Crippen LogP contribution is 2.24. The predicted molar refractivity (Wildman–Crippen MR) is 66.6 cm³/mol. The van der Waals surface area contributed by atoms with Crippen molar-refractivity contribution < 1.29 is 28.5 Å². The summed E-state index contributed by atoms with van der Waals surface area (Å²) in [7, 11) is 4.59. The van der Waals surface area contributed by atoms with Gasteiger partial charge in [0, 0.05) is 21.3 Å². The molecular formula is C12H21NO6. The molecule has 0 bridgehead atoms. The molecule has 1 fully saturated rings. The first-order chi connectivity index (χ1) is 9.19. The number of ether oxygens (including phenoxy) is 5. The fraction of sp³-hybridized carbons (Fsp3) is 0.750. The van der Waals surface area contributed by atoms with Gasteiger partial charge in [-0.2, -0.15) is 0 Å². The highest BCUT2D eigenvalue weighted by Gasteiger charge is 2.45. The van der Waals surface area contributed by atoms with Gasteiger partial charge in [-0.3, -0.25) is 4.90 Å². The molecule has 1 aliphatic rings. The monoisotopic (exact) mass is 275 g/mol. The van der Waals surface area contributed by atoms with E-state index in [-0.39, 0.29) is 19.6 Å². The Labute approximate surface area is 113 Å². The van der Waals surface area contributed by atoms with Crippen molar-refractivity contribution in [3.63, 3.8) is 0 Å². The molecule has 1 saturated heterocycles. The highest BCUT2D eigenvalue weighted by atomic mass is 16.7. The average Bonchev–Trinajstić information content (AvgIpc) is 2.70. The summed E-state index contributed by atoms with van der Waals surface area (Å²) in [6, 6.07) is -0.294. The van der Waals surface area contributed by atoms with Crippen molar-refractivity contribution in [3.05, 3.63) is 12.7 Å². The summed E-state index contributed by atoms with van der Waals surface area (Å²) in [6.45, 7) is 4.23. The minimum Gasteiger partial charge on any atom is -0.441 e. The minimum absolute atomic E-state index is 0.0920. The molecule has 0 spiro atoms. The van der Waals surface area contributed by atoms with Crippen molar-refractivity contribution in [2.45, 2.75) is 18.2 Å². The summed E-state index contributed by atoms with van der Waals surface area (Å²) in [5.74, 6) is 0. The summed E-state index contributed by atoms with van der Waals surface area (Å²) in [5.41, 5.74) is 0. The van der Waals surface area contributed by atoms with Crippen LogP contribution in [-0.2, 0) is 23.7 Å². The normalized spacial score (nSPS) is 24.4. The number of cyclic esters (lactones) is 1. The zero-order chi connectivity index (χ0) is 14.3. The smallest absolute Gasteiger partial charge is 0.412 e. The fourth-order valence-electron chi connectivity index (χ4n) is 1.95. The Hall–Kier alpha value is -1.15. The number of methoxy groups -OCH3 is 3. The number of nitrogens with zero attached hydrogens (tertiary/aromatic N) is 1. The Kier molecular flexibility index (Phi) is 6.79. The number of rotatable bonds is 9. The van der Waals surface area contributed by atoms with Crippen LogP contribution >= 0.6 is 0 Å². The molecule has 0 N–H and O–H groups in total. The zero-order valence-corrected chi connectivity index (χ0v) is 11.5. The van der Waals surface area contributed by atoms with Gasteiger partial charge in [0.25, 0.3) is 0 Å². The van der Waals surface area contributed by atoms with Gasteiger partial charge < -0.3 is 23.7 Å². The van der Waals surface area contributed by atoms with Gasteiger partial charge in [0.2, 0.25) is 0 Å². The van der Waals surface area contributed by atoms with E-state index in [0.717, 1.165) is 0 Å². The summed E-state index contributed by atoms with van der Waals surface area (Å²) in [6.07, 6.45) is 0.151. The first-order valence-electron chi connectivity index (χ1n) is 5.87. The van der Waals surface area contributed by atoms with Gasteiger partial charge >= 0.3 is 6.09 Å². The zero-order valence-electron chi connectivity index (χ0n) is 11.5. The van der Waals surface area contributed by atoms with Crippen LogP contribution in [0.4, 0.5) is 4.79 Å². The second-order valence-electron chi connectivity index (χ2n) is 4.03. The molecule has 0 aromatic rings. The molecular weight excluding hydrogens is 254 g/mol. The lowest BCUT2D eigenvalue weighted by Crippen LogP contribution is -2.45. The number of amides is 1. The number of hydrogen-bond donors (Lipinski definition) is 0. The van der Waals surface area contributed by atoms with Crippen LogP contribution in [0.15, 0.2) is 12.7 Å². The maximum absolute atomic E-state index is 11.8. The second-order valence-corrected chi connectivity index (χ2v) is 4.03. The van der Waals surface area contributed by atoms with Crippen LogP contribution in [0.25, 0.3) is 0 Å². The Morgan fingerprint density at radius 2 is 2.11 bits per heavy atom. The highest BCUT2D eigenvalue weighted by molar-refractivity contribution is 5.70. The number of carbonyl (C=O) groups excluding carboxylic acids is 1. The van der Waals surface area contributed by atoms with E-state index in [4.69, 9.17) is 23.7 Å². The number of carbonyl (C=O) groups is 1. The molecule has 1 amide bonds. The lowest BCUT2D eigenvalue weighted by atomic mass is 10.1. The largest absolute Gasteiger partial charge is 0.441 e. The van der Waals surface area contributed by atoms with E-state index in [0.29, 0.717) is 6.61 Å². The third-order valence-electron chi connectivity index (χ3n) is 2.79. The summed E-state index contributed by atoms with van der Waals surface area (Å²) in [5, 5.41) is 0. The van der Waals surface area contributed by atoms with E-state index in [1.54, 1.807) is 13.2 Å². The van der Waals surface area contributed by atoms with Crippen molar-refractivity contribution in [1.82, 2.24) is 4.90 Å². The van der Waals surface area contributed by atoms with Crippen LogP contribution in [-0.4, -0.2) is 70.7 Å². The molecule has 1 rings (SSSR count). The van der Waals surface area contributed by atoms with Gasteiger partial charge in [0.15, 0.2) is 6.10 Å². The van der Waals surface area contributed by atoms with Gasteiger partial charge in [0.05, 0.1) is 6.61 Å². The van der Waals surface area contributed by atoms with E-state index < -0.39 is 18.3 Å². The maximum Gasteiger partial charge on any atom is 0.412 e. The van der Waals surface area contributed by atoms with E-state index in [1.807, 2.05) is 0 Å². The molecule has 0 saturated carbocycles. The van der Waals surface area contributed by atoms with Crippen molar-refractivity contribution >= 4 is 6.09 Å². The fourth-order valence-corrected chi connectivity index (χ4v) is 1.95. The maximum atomic E-state index is 11.8. The molecule has 1 aliphatic heterocycles. The molecule has 7 nitrogen and oxygen atoms in total. The standard InChI is InChI=1S/C12H21NO6/c1-5-10(18-8-17-4)11-9(6-15-2)13(7-16-3)12(14)19-11/h5,9-11H,1,6-8H2,2-4H3/t9-,10+,11-/m0/s1. The quantitative estimate of drug-likeness (QED) is 0.453. The van der Waals surface area contributed by atoms with E-state index in [9.17, 15) is 4.79 Å². The van der Waals surface area contributed by atoms with Crippen LogP contribution in [0.1, 0.15) is 0 Å². The van der Waals surface area contributed by atoms with Crippen LogP contribution < -0.4 is 0 Å². The van der Waals surface area contributed by atoms with Gasteiger partial charge in [-0.15, -0.1) is 6.58 Å². The molecule has 7 heteroatoms. The molecule has 1 heterocycles. The van der Waals surface area contributed by atoms with Crippen molar-refractivity contribution in [1.29, 1.82) is 0 Å². The first-order valence-corrected chi connectivity index (χ1v) is 5.87. The Balaban J connectivity index is 2.78. The Morgan fingerprint density at radius 3 is 2.63 bits per heavy atom. The lowest BCUT2D eigenvalue weighted by molar-refractivity contribution is -0.0963. The van der Waals surface area contributed by atoms with Crippen LogP contribution in [0.2, 0.25) is 0 Å². The molecule has 0 unspecified atom stereocenters.